The Labute approximate surface area is 491 Å². The van der Waals surface area contributed by atoms with Crippen molar-refractivity contribution in [2.45, 2.75) is 40.0 Å². The summed E-state index contributed by atoms with van der Waals surface area (Å²) in [6.45, 7) is 8.12. The molecule has 3 heterocycles. The molecule has 0 amide bonds. The molecule has 14 rings (SSSR count). The molecule has 0 aliphatic heterocycles. The highest BCUT2D eigenvalue weighted by atomic mass is 19.4. The molecule has 3 aromatic heterocycles. The molecule has 0 atom stereocenters. The van der Waals surface area contributed by atoms with Gasteiger partial charge in [-0.05, 0) is 155 Å². The fourth-order valence-corrected chi connectivity index (χ4v) is 12.3. The number of hydrogen-bond donors (Lipinski definition) is 0. The highest BCUT2D eigenvalue weighted by molar-refractivity contribution is 6.13. The van der Waals surface area contributed by atoms with Crippen LogP contribution in [-0.2, 0) is 12.4 Å². The first-order chi connectivity index (χ1) is 41.6. The average Bonchev–Trinajstić information content (AvgIpc) is 1.63. The lowest BCUT2D eigenvalue weighted by atomic mass is 9.98. The van der Waals surface area contributed by atoms with Crippen LogP contribution in [0.25, 0.3) is 134 Å². The van der Waals surface area contributed by atoms with Gasteiger partial charge in [-0.1, -0.05) is 176 Å². The minimum absolute atomic E-state index is 0.0295. The van der Waals surface area contributed by atoms with Crippen molar-refractivity contribution in [3.05, 3.63) is 270 Å². The zero-order chi connectivity index (χ0) is 59.2. The van der Waals surface area contributed by atoms with E-state index in [0.29, 0.717) is 39.0 Å². The summed E-state index contributed by atoms with van der Waals surface area (Å²) in [7, 11) is 0. The summed E-state index contributed by atoms with van der Waals surface area (Å²) in [4.78, 5) is 15.2. The van der Waals surface area contributed by atoms with Crippen LogP contribution >= 0.6 is 0 Å². The molecule has 11 heteroatoms. The third-order valence-corrected chi connectivity index (χ3v) is 16.6. The number of aryl methyl sites for hydroxylation is 4. The fraction of sp³-hybridized carbons (Fsp3) is 0.0800. The molecule has 0 saturated heterocycles. The van der Waals surface area contributed by atoms with E-state index in [4.69, 9.17) is 15.0 Å². The van der Waals surface area contributed by atoms with Crippen LogP contribution in [-0.4, -0.2) is 24.1 Å². The van der Waals surface area contributed by atoms with Gasteiger partial charge in [0.1, 0.15) is 0 Å². The molecule has 0 bridgehead atoms. The maximum atomic E-state index is 15.5. The van der Waals surface area contributed by atoms with Crippen molar-refractivity contribution in [2.24, 2.45) is 0 Å². The lowest BCUT2D eigenvalue weighted by Gasteiger charge is -2.19. The van der Waals surface area contributed by atoms with Crippen LogP contribution < -0.4 is 0 Å². The Hall–Kier alpha value is -10.4. The molecular weight excluding hydrogens is 1080 g/mol. The van der Waals surface area contributed by atoms with E-state index in [9.17, 15) is 0 Å². The van der Waals surface area contributed by atoms with E-state index in [0.717, 1.165) is 113 Å². The SMILES string of the molecule is Cc1ccccc1-c1ccc2c3ccc(-c4ccccc4C)cc3n(-c3ccc(C(F)(F)F)cc3-c3nc(-c4ccccc4)nc(-c4cc(C(F)(F)F)ccc4-n4c5cc(-c6ccccc6C)ccc5c5ccc(-c6ccccc6C)cc54)n3)c2c1. The number of rotatable bonds is 9. The number of aromatic nitrogens is 5. The number of benzene rings is 11. The number of fused-ring (bicyclic) bond motifs is 6. The quantitative estimate of drug-likeness (QED) is 0.135. The Kier molecular flexibility index (Phi) is 12.9. The summed E-state index contributed by atoms with van der Waals surface area (Å²) in [5.74, 6) is -0.345. The van der Waals surface area contributed by atoms with E-state index in [-0.39, 0.29) is 28.6 Å². The molecule has 11 aromatic carbocycles. The molecule has 0 aliphatic rings. The van der Waals surface area contributed by atoms with E-state index in [1.807, 2.05) is 158 Å². The Morgan fingerprint density at radius 3 is 0.860 bits per heavy atom. The number of hydrogen-bond acceptors (Lipinski definition) is 3. The number of halogens is 6. The molecular formula is C75H51F6N5. The summed E-state index contributed by atoms with van der Waals surface area (Å²) in [6.07, 6.45) is -9.66. The normalized spacial score (nSPS) is 12.1. The van der Waals surface area contributed by atoms with Crippen LogP contribution in [0.1, 0.15) is 33.4 Å². The minimum atomic E-state index is -4.83. The van der Waals surface area contributed by atoms with Gasteiger partial charge in [-0.2, -0.15) is 26.3 Å². The summed E-state index contributed by atoms with van der Waals surface area (Å²) in [6, 6.07) is 72.5. The van der Waals surface area contributed by atoms with Gasteiger partial charge in [-0.25, -0.2) is 15.0 Å². The van der Waals surface area contributed by atoms with Crippen LogP contribution in [0, 0.1) is 27.7 Å². The van der Waals surface area contributed by atoms with Crippen LogP contribution in [0.2, 0.25) is 0 Å². The first-order valence-electron chi connectivity index (χ1n) is 28.2. The zero-order valence-corrected chi connectivity index (χ0v) is 47.0. The minimum Gasteiger partial charge on any atom is -0.308 e. The maximum absolute atomic E-state index is 15.5. The topological polar surface area (TPSA) is 48.5 Å². The van der Waals surface area contributed by atoms with Crippen molar-refractivity contribution >= 4 is 43.6 Å². The third-order valence-electron chi connectivity index (χ3n) is 16.6. The lowest BCUT2D eigenvalue weighted by molar-refractivity contribution is -0.138. The highest BCUT2D eigenvalue weighted by Gasteiger charge is 2.35. The van der Waals surface area contributed by atoms with Crippen molar-refractivity contribution in [2.75, 3.05) is 0 Å². The van der Waals surface area contributed by atoms with Crippen molar-refractivity contribution < 1.29 is 26.3 Å². The van der Waals surface area contributed by atoms with E-state index in [1.54, 1.807) is 30.3 Å². The second-order valence-electron chi connectivity index (χ2n) is 22.0. The van der Waals surface area contributed by atoms with Crippen molar-refractivity contribution in [1.82, 2.24) is 24.1 Å². The molecule has 0 saturated carbocycles. The molecule has 86 heavy (non-hydrogen) atoms. The smallest absolute Gasteiger partial charge is 0.308 e. The molecule has 0 fully saturated rings. The predicted molar refractivity (Wildman–Crippen MR) is 336 cm³/mol. The monoisotopic (exact) mass is 1140 g/mol. The molecule has 0 aliphatic carbocycles. The largest absolute Gasteiger partial charge is 0.416 e. The van der Waals surface area contributed by atoms with E-state index < -0.39 is 23.5 Å². The first kappa shape index (κ1) is 53.6. The molecule has 0 unspecified atom stereocenters. The third kappa shape index (κ3) is 9.36. The fourth-order valence-electron chi connectivity index (χ4n) is 12.3. The summed E-state index contributed by atoms with van der Waals surface area (Å²) >= 11 is 0. The molecule has 0 radical (unpaired) electrons. The van der Waals surface area contributed by atoms with Gasteiger partial charge < -0.3 is 9.13 Å². The van der Waals surface area contributed by atoms with Crippen LogP contribution in [0.3, 0.4) is 0 Å². The Bertz CT molecular complexity index is 4530. The van der Waals surface area contributed by atoms with Gasteiger partial charge >= 0.3 is 12.4 Å². The van der Waals surface area contributed by atoms with Gasteiger partial charge in [0.15, 0.2) is 17.5 Å². The standard InChI is InChI=1S/C75H51F6N5/c1-44-16-8-12-22-55(44)49-26-32-59-60-33-27-50(56-23-13-9-17-45(56)2)39-68(60)85(67(59)38-49)65-36-30-53(74(76,77)78)42-63(65)72-82-71(48-20-6-5-7-21-48)83-73(84-72)64-43-54(75(79,80)81)31-37-66(64)86-69-40-51(57-24-14-10-18-46(57)3)28-34-61(69)62-35-29-52(41-70(62)86)58-25-15-11-19-47(58)4/h5-43H,1-4H3. The molecule has 14 aromatic rings. The number of nitrogens with zero attached hydrogens (tertiary/aromatic N) is 5. The zero-order valence-electron chi connectivity index (χ0n) is 47.0. The molecule has 418 valence electrons. The van der Waals surface area contributed by atoms with Gasteiger partial charge in [-0.3, -0.25) is 0 Å². The Balaban J connectivity index is 1.09. The summed E-state index contributed by atoms with van der Waals surface area (Å²) in [5, 5.41) is 3.38. The van der Waals surface area contributed by atoms with Gasteiger partial charge in [0, 0.05) is 38.2 Å². The van der Waals surface area contributed by atoms with E-state index in [2.05, 4.69) is 48.5 Å². The number of alkyl halides is 6. The van der Waals surface area contributed by atoms with Gasteiger partial charge in [0.25, 0.3) is 0 Å². The lowest BCUT2D eigenvalue weighted by Crippen LogP contribution is -2.10. The Morgan fingerprint density at radius 2 is 0.558 bits per heavy atom. The van der Waals surface area contributed by atoms with Crippen LogP contribution in [0.5, 0.6) is 0 Å². The van der Waals surface area contributed by atoms with Crippen molar-refractivity contribution in [3.63, 3.8) is 0 Å². The van der Waals surface area contributed by atoms with Gasteiger partial charge in [0.05, 0.1) is 44.6 Å². The molecule has 0 N–H and O–H groups in total. The summed E-state index contributed by atoms with van der Waals surface area (Å²) < 4.78 is 96.8. The first-order valence-corrected chi connectivity index (χ1v) is 28.2. The Morgan fingerprint density at radius 1 is 0.267 bits per heavy atom. The van der Waals surface area contributed by atoms with Crippen molar-refractivity contribution in [1.29, 1.82) is 0 Å². The van der Waals surface area contributed by atoms with Crippen LogP contribution in [0.4, 0.5) is 26.3 Å². The molecule has 5 nitrogen and oxygen atoms in total. The highest BCUT2D eigenvalue weighted by Crippen LogP contribution is 2.45. The van der Waals surface area contributed by atoms with Crippen molar-refractivity contribution in [3.8, 4) is 90.0 Å². The second kappa shape index (κ2) is 20.7. The molecule has 0 spiro atoms. The van der Waals surface area contributed by atoms with E-state index in [1.165, 1.54) is 12.1 Å². The second-order valence-corrected chi connectivity index (χ2v) is 22.0. The van der Waals surface area contributed by atoms with Crippen LogP contribution in [0.15, 0.2) is 237 Å². The maximum Gasteiger partial charge on any atom is 0.416 e. The van der Waals surface area contributed by atoms with E-state index >= 15 is 26.3 Å². The van der Waals surface area contributed by atoms with Gasteiger partial charge in [0.2, 0.25) is 0 Å². The average molecular weight is 1140 g/mol. The predicted octanol–water partition coefficient (Wildman–Crippen LogP) is 21.0. The van der Waals surface area contributed by atoms with Gasteiger partial charge in [-0.15, -0.1) is 0 Å². The summed E-state index contributed by atoms with van der Waals surface area (Å²) in [5.41, 5.74) is 13.5.